The molecule has 15 heteroatoms. The van der Waals surface area contributed by atoms with E-state index in [-0.39, 0.29) is 11.9 Å². The first-order valence-electron chi connectivity index (χ1n) is 16.7. The molecular formula is C38H41Cl2N3O10. The Morgan fingerprint density at radius 3 is 1.98 bits per heavy atom. The highest BCUT2D eigenvalue weighted by Crippen LogP contribution is 2.40. The third kappa shape index (κ3) is 11.1. The van der Waals surface area contributed by atoms with Gasteiger partial charge in [0.05, 0.1) is 39.9 Å². The molecule has 1 fully saturated rings. The number of benzene rings is 3. The number of likely N-dealkylation sites (tertiary alicyclic amines) is 1. The number of para-hydroxylation sites is 1. The van der Waals surface area contributed by atoms with Crippen molar-refractivity contribution in [2.45, 2.75) is 62.3 Å². The molecule has 4 aromatic rings. The highest BCUT2D eigenvalue weighted by molar-refractivity contribution is 6.42. The first kappa shape index (κ1) is 41.0. The van der Waals surface area contributed by atoms with Gasteiger partial charge in [0.1, 0.15) is 0 Å². The van der Waals surface area contributed by atoms with Gasteiger partial charge in [-0.3, -0.25) is 14.4 Å². The fourth-order valence-corrected chi connectivity index (χ4v) is 6.60. The van der Waals surface area contributed by atoms with E-state index in [1.165, 1.54) is 6.92 Å². The van der Waals surface area contributed by atoms with Crippen LogP contribution in [-0.4, -0.2) is 89.3 Å². The smallest absolute Gasteiger partial charge is 0.336 e. The van der Waals surface area contributed by atoms with Crippen molar-refractivity contribution in [3.8, 4) is 5.69 Å². The van der Waals surface area contributed by atoms with Crippen LogP contribution in [0.5, 0.6) is 0 Å². The first-order valence-corrected chi connectivity index (χ1v) is 17.5. The summed E-state index contributed by atoms with van der Waals surface area (Å²) >= 11 is 12.7. The van der Waals surface area contributed by atoms with Gasteiger partial charge in [-0.25, -0.2) is 9.48 Å². The Kier molecular flexibility index (Phi) is 14.2. The number of hydrogen-bond donors (Lipinski definition) is 5. The Hall–Kier alpha value is -4.79. The molecule has 282 valence electrons. The van der Waals surface area contributed by atoms with E-state index in [1.54, 1.807) is 12.3 Å². The Labute approximate surface area is 316 Å². The van der Waals surface area contributed by atoms with Gasteiger partial charge in [0.2, 0.25) is 0 Å². The number of halogens is 2. The van der Waals surface area contributed by atoms with Gasteiger partial charge in [-0.15, -0.1) is 0 Å². The van der Waals surface area contributed by atoms with Crippen molar-refractivity contribution in [2.24, 2.45) is 0 Å². The zero-order chi connectivity index (χ0) is 38.8. The average molecular weight is 771 g/mol. The molecule has 53 heavy (non-hydrogen) atoms. The Morgan fingerprint density at radius 1 is 0.868 bits per heavy atom. The lowest BCUT2D eigenvalue weighted by atomic mass is 9.84. The molecule has 2 atom stereocenters. The van der Waals surface area contributed by atoms with Crippen LogP contribution in [0.3, 0.4) is 0 Å². The lowest BCUT2D eigenvalue weighted by Gasteiger charge is -2.39. The van der Waals surface area contributed by atoms with Crippen LogP contribution in [0.1, 0.15) is 67.9 Å². The molecule has 0 spiro atoms. The fraction of sp³-hybridized carbons (Fsp3) is 0.342. The van der Waals surface area contributed by atoms with Crippen LogP contribution < -0.4 is 0 Å². The number of aliphatic hydroxyl groups is 2. The van der Waals surface area contributed by atoms with Gasteiger partial charge in [0, 0.05) is 32.1 Å². The van der Waals surface area contributed by atoms with Crippen molar-refractivity contribution in [3.05, 3.63) is 118 Å². The molecule has 0 aliphatic carbocycles. The number of nitrogens with zero attached hydrogens (tertiary/aromatic N) is 3. The topological polar surface area (TPSA) is 200 Å². The van der Waals surface area contributed by atoms with Crippen molar-refractivity contribution in [1.82, 2.24) is 14.7 Å². The maximum atomic E-state index is 12.4. The predicted molar refractivity (Wildman–Crippen MR) is 195 cm³/mol. The third-order valence-electron chi connectivity index (χ3n) is 9.03. The molecule has 2 unspecified atom stereocenters. The number of aromatic nitrogens is 2. The number of piperidine rings is 1. The van der Waals surface area contributed by atoms with E-state index in [4.69, 9.17) is 48.4 Å². The van der Waals surface area contributed by atoms with Crippen LogP contribution in [0.15, 0.2) is 91.1 Å². The van der Waals surface area contributed by atoms with Gasteiger partial charge in [-0.2, -0.15) is 5.10 Å². The van der Waals surface area contributed by atoms with Crippen LogP contribution in [0.25, 0.3) is 5.69 Å². The molecule has 5 rings (SSSR count). The predicted octanol–water partition coefficient (Wildman–Crippen LogP) is 5.69. The molecule has 0 saturated carbocycles. The van der Waals surface area contributed by atoms with Crippen LogP contribution in [0.2, 0.25) is 10.0 Å². The maximum absolute atomic E-state index is 12.4. The monoisotopic (exact) mass is 769 g/mol. The lowest BCUT2D eigenvalue weighted by Crippen LogP contribution is -2.43. The summed E-state index contributed by atoms with van der Waals surface area (Å²) in [5.41, 5.74) is -0.00825. The second kappa shape index (κ2) is 18.3. The van der Waals surface area contributed by atoms with Crippen LogP contribution in [-0.2, 0) is 29.5 Å². The van der Waals surface area contributed by atoms with Crippen molar-refractivity contribution in [2.75, 3.05) is 19.6 Å². The molecule has 5 N–H and O–H groups in total. The number of rotatable bonds is 14. The van der Waals surface area contributed by atoms with E-state index in [2.05, 4.69) is 10.00 Å². The molecule has 1 saturated heterocycles. The van der Waals surface area contributed by atoms with Gasteiger partial charge in [0.25, 0.3) is 0 Å². The Bertz CT molecular complexity index is 1850. The summed E-state index contributed by atoms with van der Waals surface area (Å²) in [5.74, 6) is -5.61. The number of hydrogen-bond acceptors (Lipinski definition) is 9. The third-order valence-corrected chi connectivity index (χ3v) is 9.77. The molecule has 0 radical (unpaired) electrons. The minimum absolute atomic E-state index is 0.215. The van der Waals surface area contributed by atoms with E-state index >= 15 is 0 Å². The van der Waals surface area contributed by atoms with Crippen molar-refractivity contribution in [3.63, 3.8) is 0 Å². The molecule has 1 aromatic heterocycles. The highest BCUT2D eigenvalue weighted by atomic mass is 35.5. The SMILES string of the molecule is CC(=O)OC(c1ccnn1-c1ccccc1)C(CCN1CCC(O)(c2ccccc2)CC1)c1ccc(Cl)c(Cl)c1.O=C(O)CC(O)(CC(=O)O)C(=O)O. The van der Waals surface area contributed by atoms with Crippen molar-refractivity contribution in [1.29, 1.82) is 0 Å². The second-order valence-corrected chi connectivity index (χ2v) is 13.6. The number of carbonyl (C=O) groups is 4. The normalized spacial score (nSPS) is 15.3. The quantitative estimate of drug-likeness (QED) is 0.0983. The van der Waals surface area contributed by atoms with Gasteiger partial charge in [-0.1, -0.05) is 77.8 Å². The minimum Gasteiger partial charge on any atom is -0.481 e. The fourth-order valence-electron chi connectivity index (χ4n) is 6.30. The van der Waals surface area contributed by atoms with Gasteiger partial charge in [0.15, 0.2) is 11.7 Å². The summed E-state index contributed by atoms with van der Waals surface area (Å²) in [5, 5.41) is 50.6. The van der Waals surface area contributed by atoms with Crippen LogP contribution in [0, 0.1) is 0 Å². The van der Waals surface area contributed by atoms with E-state index in [9.17, 15) is 24.3 Å². The number of carboxylic acid groups (broad SMARTS) is 3. The van der Waals surface area contributed by atoms with Crippen molar-refractivity contribution >= 4 is 47.1 Å². The summed E-state index contributed by atoms with van der Waals surface area (Å²) in [6, 6.07) is 27.2. The molecule has 2 heterocycles. The minimum atomic E-state index is -2.74. The number of ether oxygens (including phenoxy) is 1. The van der Waals surface area contributed by atoms with E-state index in [0.29, 0.717) is 29.3 Å². The summed E-state index contributed by atoms with van der Waals surface area (Å²) in [4.78, 5) is 45.3. The van der Waals surface area contributed by atoms with Gasteiger partial charge in [-0.05, 0) is 67.3 Å². The zero-order valence-corrected chi connectivity index (χ0v) is 30.4. The Morgan fingerprint density at radius 2 is 1.45 bits per heavy atom. The Balaban J connectivity index is 0.000000413. The number of carbonyl (C=O) groups excluding carboxylic acids is 1. The highest BCUT2D eigenvalue weighted by Gasteiger charge is 2.41. The van der Waals surface area contributed by atoms with Crippen LogP contribution >= 0.6 is 23.2 Å². The van der Waals surface area contributed by atoms with Gasteiger partial charge >= 0.3 is 23.9 Å². The van der Waals surface area contributed by atoms with E-state index in [0.717, 1.165) is 42.1 Å². The summed E-state index contributed by atoms with van der Waals surface area (Å²) in [6.45, 7) is 3.71. The van der Waals surface area contributed by atoms with Crippen LogP contribution in [0.4, 0.5) is 0 Å². The van der Waals surface area contributed by atoms with E-state index < -0.39 is 48.1 Å². The average Bonchev–Trinajstić information content (AvgIpc) is 3.60. The molecule has 0 bridgehead atoms. The number of esters is 1. The molecule has 3 aromatic carbocycles. The molecule has 1 aliphatic rings. The molecular weight excluding hydrogens is 729 g/mol. The zero-order valence-electron chi connectivity index (χ0n) is 28.8. The summed E-state index contributed by atoms with van der Waals surface area (Å²) < 4.78 is 7.86. The lowest BCUT2D eigenvalue weighted by molar-refractivity contribution is -0.170. The summed E-state index contributed by atoms with van der Waals surface area (Å²) in [7, 11) is 0. The summed E-state index contributed by atoms with van der Waals surface area (Å²) in [6.07, 6.45) is 0.831. The second-order valence-electron chi connectivity index (χ2n) is 12.8. The molecule has 1 aliphatic heterocycles. The van der Waals surface area contributed by atoms with Gasteiger partial charge < -0.3 is 35.2 Å². The largest absolute Gasteiger partial charge is 0.481 e. The standard InChI is InChI=1S/C32H33Cl2N3O3.C6H8O7/c1-23(38)40-31(30-14-18-35-37(30)26-10-6-3-7-11-26)27(24-12-13-28(33)29(34)22-24)15-19-36-20-16-32(39,17-21-36)25-8-4-2-5-9-25;7-3(8)1-6(13,5(11)12)2-4(9)10/h2-14,18,22,27,31,39H,15-17,19-21H2,1H3;13H,1-2H2,(H,7,8)(H,9,10)(H,11,12). The first-order chi connectivity index (χ1) is 25.1. The molecule has 13 nitrogen and oxygen atoms in total. The number of carboxylic acids is 3. The maximum Gasteiger partial charge on any atom is 0.336 e. The molecule has 0 amide bonds. The van der Waals surface area contributed by atoms with E-state index in [1.807, 2.05) is 83.5 Å². The van der Waals surface area contributed by atoms with Crippen molar-refractivity contribution < 1.29 is 49.4 Å². The number of aliphatic carboxylic acids is 3.